The number of carbonyl (C=O) groups excluding carboxylic acids is 2. The minimum absolute atomic E-state index is 0.0217. The van der Waals surface area contributed by atoms with E-state index in [9.17, 15) is 9.59 Å². The van der Waals surface area contributed by atoms with Crippen LogP contribution in [0.15, 0.2) is 24.3 Å². The molecular weight excluding hydrogens is 523 g/mol. The van der Waals surface area contributed by atoms with E-state index >= 15 is 0 Å². The predicted octanol–water partition coefficient (Wildman–Crippen LogP) is 5.78. The molecule has 4 fully saturated rings. The van der Waals surface area contributed by atoms with Crippen LogP contribution in [0, 0.1) is 28.6 Å². The fourth-order valence-corrected chi connectivity index (χ4v) is 8.92. The standard InChI is InChI=1S/C30H42Cl2N2O4/c1-29-14-12-27(35)33-25(29)9-7-22-23-8-10-26(30(23,2)13-11-24(22)29)38-28(36)19-37-21-5-3-20(4-6-21)34(17-15-31)18-16-32/h3-6,22-26H,7-19H2,1-2H3,(H,33,35)/t22-,23+,24-,25-,26-,29+,30+/m0/s1. The number of amides is 1. The van der Waals surface area contributed by atoms with E-state index in [-0.39, 0.29) is 35.4 Å². The summed E-state index contributed by atoms with van der Waals surface area (Å²) in [6, 6.07) is 7.99. The molecule has 1 aromatic carbocycles. The average molecular weight is 566 g/mol. The van der Waals surface area contributed by atoms with Gasteiger partial charge >= 0.3 is 5.97 Å². The first-order valence-corrected chi connectivity index (χ1v) is 15.4. The molecule has 1 aromatic rings. The number of benzene rings is 1. The van der Waals surface area contributed by atoms with E-state index in [2.05, 4.69) is 24.1 Å². The molecule has 8 heteroatoms. The summed E-state index contributed by atoms with van der Waals surface area (Å²) in [6.07, 6.45) is 8.12. The van der Waals surface area contributed by atoms with Crippen LogP contribution in [0.3, 0.4) is 0 Å². The molecule has 0 bridgehead atoms. The molecule has 38 heavy (non-hydrogen) atoms. The van der Waals surface area contributed by atoms with E-state index in [4.69, 9.17) is 32.7 Å². The average Bonchev–Trinajstić information content (AvgIpc) is 3.24. The molecule has 0 spiro atoms. The molecule has 7 atom stereocenters. The third-order valence-electron chi connectivity index (χ3n) is 10.5. The number of hydrogen-bond acceptors (Lipinski definition) is 5. The summed E-state index contributed by atoms with van der Waals surface area (Å²) in [7, 11) is 0. The van der Waals surface area contributed by atoms with Gasteiger partial charge in [0, 0.05) is 48.4 Å². The molecule has 5 rings (SSSR count). The van der Waals surface area contributed by atoms with Crippen LogP contribution in [0.5, 0.6) is 5.75 Å². The van der Waals surface area contributed by atoms with E-state index in [1.54, 1.807) is 0 Å². The number of esters is 1. The third-order valence-corrected chi connectivity index (χ3v) is 10.9. The van der Waals surface area contributed by atoms with Crippen LogP contribution in [0.2, 0.25) is 0 Å². The minimum atomic E-state index is -0.292. The Kier molecular flexibility index (Phi) is 8.40. The number of ether oxygens (including phenoxy) is 2. The van der Waals surface area contributed by atoms with Crippen LogP contribution >= 0.6 is 23.2 Å². The number of nitrogens with one attached hydrogen (secondary N) is 1. The molecule has 0 aromatic heterocycles. The smallest absolute Gasteiger partial charge is 0.344 e. The summed E-state index contributed by atoms with van der Waals surface area (Å²) in [5.41, 5.74) is 1.25. The zero-order valence-electron chi connectivity index (χ0n) is 22.7. The fraction of sp³-hybridized carbons (Fsp3) is 0.733. The lowest BCUT2D eigenvalue weighted by Crippen LogP contribution is -2.61. The van der Waals surface area contributed by atoms with Crippen molar-refractivity contribution in [3.63, 3.8) is 0 Å². The van der Waals surface area contributed by atoms with Crippen molar-refractivity contribution in [2.45, 2.75) is 77.4 Å². The first-order chi connectivity index (χ1) is 18.3. The van der Waals surface area contributed by atoms with Gasteiger partial charge in [-0.2, -0.15) is 0 Å². The van der Waals surface area contributed by atoms with Crippen molar-refractivity contribution in [1.82, 2.24) is 5.32 Å². The van der Waals surface area contributed by atoms with Crippen LogP contribution in [-0.4, -0.2) is 55.5 Å². The van der Waals surface area contributed by atoms with Crippen molar-refractivity contribution in [1.29, 1.82) is 0 Å². The fourth-order valence-electron chi connectivity index (χ4n) is 8.51. The molecule has 1 N–H and O–H groups in total. The Hall–Kier alpha value is -1.66. The second-order valence-corrected chi connectivity index (χ2v) is 13.1. The van der Waals surface area contributed by atoms with Crippen molar-refractivity contribution in [3.8, 4) is 5.75 Å². The highest BCUT2D eigenvalue weighted by atomic mass is 35.5. The molecule has 210 valence electrons. The SMILES string of the molecule is C[C@@]12CC[C@H]3[C@@H](CC[C@@H]4NC(=O)CC[C@@]43C)[C@H]1CC[C@@H]2OC(=O)COc1ccc(N(CCCl)CCCl)cc1. The first-order valence-electron chi connectivity index (χ1n) is 14.4. The van der Waals surface area contributed by atoms with Gasteiger partial charge in [-0.1, -0.05) is 13.8 Å². The number of hydrogen-bond donors (Lipinski definition) is 1. The van der Waals surface area contributed by atoms with Crippen molar-refractivity contribution in [2.75, 3.05) is 36.4 Å². The molecular formula is C30H42Cl2N2O4. The van der Waals surface area contributed by atoms with Gasteiger partial charge in [-0.25, -0.2) is 4.79 Å². The zero-order chi connectivity index (χ0) is 26.9. The lowest BCUT2D eigenvalue weighted by Gasteiger charge is -2.60. The van der Waals surface area contributed by atoms with Gasteiger partial charge in [0.25, 0.3) is 0 Å². The summed E-state index contributed by atoms with van der Waals surface area (Å²) in [5, 5.41) is 3.31. The molecule has 1 heterocycles. The normalized spacial score (nSPS) is 35.9. The quantitative estimate of drug-likeness (QED) is 0.304. The van der Waals surface area contributed by atoms with Crippen LogP contribution in [0.4, 0.5) is 5.69 Å². The van der Waals surface area contributed by atoms with Gasteiger partial charge < -0.3 is 19.7 Å². The van der Waals surface area contributed by atoms with Crippen molar-refractivity contribution >= 4 is 40.8 Å². The molecule has 1 aliphatic heterocycles. The Bertz CT molecular complexity index is 1000. The van der Waals surface area contributed by atoms with Gasteiger partial charge in [0.2, 0.25) is 5.91 Å². The molecule has 3 aliphatic carbocycles. The van der Waals surface area contributed by atoms with Crippen molar-refractivity contribution < 1.29 is 19.1 Å². The van der Waals surface area contributed by atoms with Gasteiger partial charge in [0.05, 0.1) is 0 Å². The molecule has 1 saturated heterocycles. The van der Waals surface area contributed by atoms with E-state index in [0.29, 0.717) is 47.7 Å². The third kappa shape index (κ3) is 5.24. The number of piperidine rings is 1. The maximum atomic E-state index is 12.9. The highest BCUT2D eigenvalue weighted by Gasteiger charge is 2.61. The van der Waals surface area contributed by atoms with Crippen LogP contribution in [0.25, 0.3) is 0 Å². The van der Waals surface area contributed by atoms with Gasteiger partial charge in [-0.3, -0.25) is 4.79 Å². The Morgan fingerprint density at radius 2 is 1.68 bits per heavy atom. The number of halogens is 2. The number of alkyl halides is 2. The van der Waals surface area contributed by atoms with Crippen LogP contribution in [-0.2, 0) is 14.3 Å². The molecule has 0 radical (unpaired) electrons. The van der Waals surface area contributed by atoms with Gasteiger partial charge in [0.1, 0.15) is 11.9 Å². The maximum Gasteiger partial charge on any atom is 0.344 e. The molecule has 3 saturated carbocycles. The molecule has 0 unspecified atom stereocenters. The minimum Gasteiger partial charge on any atom is -0.482 e. The Labute approximate surface area is 237 Å². The number of nitrogens with zero attached hydrogens (tertiary/aromatic N) is 1. The second kappa shape index (κ2) is 11.4. The number of rotatable bonds is 9. The lowest BCUT2D eigenvalue weighted by atomic mass is 9.47. The van der Waals surface area contributed by atoms with E-state index < -0.39 is 0 Å². The first kappa shape index (κ1) is 27.9. The Balaban J connectivity index is 1.16. The summed E-state index contributed by atoms with van der Waals surface area (Å²) in [5.74, 6) is 3.50. The summed E-state index contributed by atoms with van der Waals surface area (Å²) < 4.78 is 11.9. The van der Waals surface area contributed by atoms with E-state index in [1.165, 1.54) is 6.42 Å². The summed E-state index contributed by atoms with van der Waals surface area (Å²) in [4.78, 5) is 27.0. The molecule has 6 nitrogen and oxygen atoms in total. The summed E-state index contributed by atoms with van der Waals surface area (Å²) >= 11 is 11.8. The largest absolute Gasteiger partial charge is 0.482 e. The van der Waals surface area contributed by atoms with Crippen LogP contribution in [0.1, 0.15) is 65.2 Å². The summed E-state index contributed by atoms with van der Waals surface area (Å²) in [6.45, 7) is 6.12. The van der Waals surface area contributed by atoms with Gasteiger partial charge in [-0.05, 0) is 92.4 Å². The Morgan fingerprint density at radius 3 is 2.39 bits per heavy atom. The van der Waals surface area contributed by atoms with Crippen molar-refractivity contribution in [3.05, 3.63) is 24.3 Å². The van der Waals surface area contributed by atoms with E-state index in [1.807, 2.05) is 24.3 Å². The van der Waals surface area contributed by atoms with E-state index in [0.717, 1.165) is 57.3 Å². The molecule has 1 amide bonds. The Morgan fingerprint density at radius 1 is 0.974 bits per heavy atom. The highest BCUT2D eigenvalue weighted by Crippen LogP contribution is 2.64. The number of anilines is 1. The van der Waals surface area contributed by atoms with Gasteiger partial charge in [0.15, 0.2) is 6.61 Å². The number of fused-ring (bicyclic) bond motifs is 5. The number of carbonyl (C=O) groups is 2. The predicted molar refractivity (Wildman–Crippen MR) is 151 cm³/mol. The monoisotopic (exact) mass is 564 g/mol. The van der Waals surface area contributed by atoms with Gasteiger partial charge in [-0.15, -0.1) is 23.2 Å². The lowest BCUT2D eigenvalue weighted by molar-refractivity contribution is -0.164. The second-order valence-electron chi connectivity index (χ2n) is 12.3. The van der Waals surface area contributed by atoms with Crippen molar-refractivity contribution in [2.24, 2.45) is 28.6 Å². The zero-order valence-corrected chi connectivity index (χ0v) is 24.2. The topological polar surface area (TPSA) is 67.9 Å². The molecule has 4 aliphatic rings. The van der Waals surface area contributed by atoms with Crippen LogP contribution < -0.4 is 15.0 Å². The highest BCUT2D eigenvalue weighted by molar-refractivity contribution is 6.18. The maximum absolute atomic E-state index is 12.9.